The van der Waals surface area contributed by atoms with E-state index in [2.05, 4.69) is 99.6 Å². The molecule has 0 saturated heterocycles. The van der Waals surface area contributed by atoms with Crippen molar-refractivity contribution in [3.63, 3.8) is 0 Å². The summed E-state index contributed by atoms with van der Waals surface area (Å²) in [7, 11) is 0. The molecule has 0 heterocycles. The van der Waals surface area contributed by atoms with Crippen LogP contribution in [0.15, 0.2) is 78.9 Å². The first-order valence-electron chi connectivity index (χ1n) is 9.27. The number of fused-ring (bicyclic) bond motifs is 4. The number of benzene rings is 3. The van der Waals surface area contributed by atoms with Gasteiger partial charge in [0.2, 0.25) is 0 Å². The van der Waals surface area contributed by atoms with Crippen LogP contribution in [0.3, 0.4) is 0 Å². The van der Waals surface area contributed by atoms with Gasteiger partial charge >= 0.3 is 41.3 Å². The number of aryl methyl sites for hydroxylation is 1. The molecule has 0 aromatic heterocycles. The van der Waals surface area contributed by atoms with Crippen LogP contribution >= 0.6 is 0 Å². The summed E-state index contributed by atoms with van der Waals surface area (Å²) in [6.07, 6.45) is 1.05. The topological polar surface area (TPSA) is 0 Å². The predicted octanol–water partition coefficient (Wildman–Crippen LogP) is 3.67. The summed E-state index contributed by atoms with van der Waals surface area (Å²) >= 11 is 1.55. The van der Waals surface area contributed by atoms with Crippen molar-refractivity contribution in [1.29, 1.82) is 0 Å². The Balaban J connectivity index is 0.000000168. The van der Waals surface area contributed by atoms with Crippen molar-refractivity contribution in [2.75, 3.05) is 0 Å². The second-order valence-electron chi connectivity index (χ2n) is 7.00. The molecular formula is C26H24ClZr-. The van der Waals surface area contributed by atoms with Crippen LogP contribution in [0.1, 0.15) is 30.5 Å². The molecule has 1 aliphatic carbocycles. The molecule has 0 atom stereocenters. The van der Waals surface area contributed by atoms with E-state index in [4.69, 9.17) is 0 Å². The summed E-state index contributed by atoms with van der Waals surface area (Å²) in [5.41, 5.74) is 6.88. The Morgan fingerprint density at radius 3 is 2.32 bits per heavy atom. The third-order valence-electron chi connectivity index (χ3n) is 4.52. The minimum atomic E-state index is 0. The van der Waals surface area contributed by atoms with E-state index in [0.717, 1.165) is 6.42 Å². The SMILES string of the molecule is C[C](C)=[Zr+2].Cc1c[cH-]c2ccccc12.[Cl-].[c-]1cccc2c1Cc1ccccc1-2. The Morgan fingerprint density at radius 2 is 1.57 bits per heavy atom. The third kappa shape index (κ3) is 5.66. The number of hydrogen-bond donors (Lipinski definition) is 0. The Hall–Kier alpha value is -1.69. The Bertz CT molecular complexity index is 1010. The Labute approximate surface area is 189 Å². The zero-order chi connectivity index (χ0) is 19.2. The van der Waals surface area contributed by atoms with Crippen LogP contribution in [-0.2, 0) is 30.7 Å². The van der Waals surface area contributed by atoms with Gasteiger partial charge < -0.3 is 12.4 Å². The predicted molar refractivity (Wildman–Crippen MR) is 114 cm³/mol. The second-order valence-corrected chi connectivity index (χ2v) is 9.46. The molecule has 1 aliphatic rings. The van der Waals surface area contributed by atoms with Crippen molar-refractivity contribution in [3.8, 4) is 11.1 Å². The van der Waals surface area contributed by atoms with E-state index in [9.17, 15) is 0 Å². The zero-order valence-electron chi connectivity index (χ0n) is 16.6. The first-order valence-corrected chi connectivity index (χ1v) is 10.5. The van der Waals surface area contributed by atoms with Crippen LogP contribution in [0.25, 0.3) is 21.9 Å². The molecule has 0 amide bonds. The minimum Gasteiger partial charge on any atom is -1.00 e. The molecule has 4 aromatic carbocycles. The molecule has 0 radical (unpaired) electrons. The molecule has 0 saturated carbocycles. The van der Waals surface area contributed by atoms with Gasteiger partial charge in [-0.1, -0.05) is 48.4 Å². The molecule has 0 spiro atoms. The second kappa shape index (κ2) is 10.7. The average Bonchev–Trinajstić information content (AvgIpc) is 3.23. The van der Waals surface area contributed by atoms with Crippen molar-refractivity contribution in [3.05, 3.63) is 102 Å². The fraction of sp³-hybridized carbons (Fsp3) is 0.154. The van der Waals surface area contributed by atoms with E-state index in [1.807, 2.05) is 6.07 Å². The molecular weight excluding hydrogens is 439 g/mol. The largest absolute Gasteiger partial charge is 1.00 e. The van der Waals surface area contributed by atoms with Gasteiger partial charge in [-0.05, 0) is 6.42 Å². The number of hydrogen-bond acceptors (Lipinski definition) is 0. The van der Waals surface area contributed by atoms with Gasteiger partial charge in [-0.2, -0.15) is 41.5 Å². The molecule has 0 nitrogen and oxygen atoms in total. The summed E-state index contributed by atoms with van der Waals surface area (Å²) in [4.78, 5) is 0. The molecule has 5 rings (SSSR count). The molecule has 0 aliphatic heterocycles. The zero-order valence-corrected chi connectivity index (χ0v) is 19.8. The summed E-state index contributed by atoms with van der Waals surface area (Å²) in [6.45, 7) is 6.39. The van der Waals surface area contributed by atoms with Crippen molar-refractivity contribution in [2.24, 2.45) is 0 Å². The average molecular weight is 463 g/mol. The summed E-state index contributed by atoms with van der Waals surface area (Å²) in [6, 6.07) is 30.9. The van der Waals surface area contributed by atoms with Gasteiger partial charge in [-0.15, -0.1) is 40.6 Å². The Kier molecular flexibility index (Phi) is 8.67. The van der Waals surface area contributed by atoms with Crippen LogP contribution in [0.2, 0.25) is 0 Å². The van der Waals surface area contributed by atoms with Gasteiger partial charge in [-0.25, -0.2) is 0 Å². The van der Waals surface area contributed by atoms with E-state index < -0.39 is 0 Å². The quantitative estimate of drug-likeness (QED) is 0.308. The van der Waals surface area contributed by atoms with E-state index in [0.29, 0.717) is 0 Å². The summed E-state index contributed by atoms with van der Waals surface area (Å²) < 4.78 is 1.51. The van der Waals surface area contributed by atoms with Gasteiger partial charge in [0.25, 0.3) is 0 Å². The molecule has 0 bridgehead atoms. The third-order valence-corrected chi connectivity index (χ3v) is 4.52. The normalized spacial score (nSPS) is 10.5. The monoisotopic (exact) mass is 461 g/mol. The Morgan fingerprint density at radius 1 is 0.929 bits per heavy atom. The molecule has 2 heteroatoms. The number of halogens is 1. The van der Waals surface area contributed by atoms with E-state index in [1.54, 1.807) is 24.2 Å². The molecule has 0 unspecified atom stereocenters. The molecule has 4 aromatic rings. The standard InChI is InChI=1S/C13H9.C10H9.C3H6.ClH.Zr/c1-3-7-12-10(5-1)9-11-6-2-4-8-13(11)12;1-8-6-7-9-4-2-3-5-10(8)9;1-3-2;;/h1-5,7-8H,9H2;2-7H,1H3;1-2H3;1H;/q2*-1;;;+2/p-1. The van der Waals surface area contributed by atoms with Crippen LogP contribution in [0.5, 0.6) is 0 Å². The smallest absolute Gasteiger partial charge is 0.0253 e. The first kappa shape index (κ1) is 22.6. The fourth-order valence-corrected chi connectivity index (χ4v) is 3.30. The van der Waals surface area contributed by atoms with Gasteiger partial charge in [0.1, 0.15) is 0 Å². The van der Waals surface area contributed by atoms with Gasteiger partial charge in [0, 0.05) is 0 Å². The number of rotatable bonds is 0. The molecule has 140 valence electrons. The van der Waals surface area contributed by atoms with Crippen LogP contribution in [-0.4, -0.2) is 3.21 Å². The maximum absolute atomic E-state index is 3.30. The molecule has 0 N–H and O–H groups in total. The maximum Gasteiger partial charge on any atom is -0.0253 e. The van der Waals surface area contributed by atoms with Crippen molar-refractivity contribution in [2.45, 2.75) is 27.2 Å². The summed E-state index contributed by atoms with van der Waals surface area (Å²) in [5.74, 6) is 0. The van der Waals surface area contributed by atoms with Crippen molar-refractivity contribution >= 4 is 14.0 Å². The van der Waals surface area contributed by atoms with Gasteiger partial charge in [0.05, 0.1) is 0 Å². The van der Waals surface area contributed by atoms with Gasteiger partial charge in [0.15, 0.2) is 0 Å². The summed E-state index contributed by atoms with van der Waals surface area (Å²) in [5, 5.41) is 2.72. The van der Waals surface area contributed by atoms with Crippen molar-refractivity contribution in [1.82, 2.24) is 0 Å². The van der Waals surface area contributed by atoms with Crippen LogP contribution in [0, 0.1) is 13.0 Å². The fourth-order valence-electron chi connectivity index (χ4n) is 3.30. The van der Waals surface area contributed by atoms with E-state index in [-0.39, 0.29) is 12.4 Å². The van der Waals surface area contributed by atoms with Crippen molar-refractivity contribution < 1.29 is 36.6 Å². The molecule has 28 heavy (non-hydrogen) atoms. The van der Waals surface area contributed by atoms with E-state index >= 15 is 0 Å². The van der Waals surface area contributed by atoms with Crippen LogP contribution < -0.4 is 12.4 Å². The maximum atomic E-state index is 3.30. The van der Waals surface area contributed by atoms with E-state index in [1.165, 1.54) is 41.8 Å². The molecule has 0 fully saturated rings. The minimum absolute atomic E-state index is 0. The van der Waals surface area contributed by atoms with Crippen LogP contribution in [0.4, 0.5) is 0 Å². The first-order chi connectivity index (χ1) is 13.1. The van der Waals surface area contributed by atoms with Gasteiger partial charge in [-0.3, -0.25) is 0 Å².